The van der Waals surface area contributed by atoms with Crippen LogP contribution < -0.4 is 4.90 Å². The molecule has 0 saturated heterocycles. The van der Waals surface area contributed by atoms with E-state index in [-0.39, 0.29) is 0 Å². The Balaban J connectivity index is 2.14. The van der Waals surface area contributed by atoms with Crippen LogP contribution in [0.2, 0.25) is 0 Å². The summed E-state index contributed by atoms with van der Waals surface area (Å²) in [5.74, 6) is 0. The van der Waals surface area contributed by atoms with Gasteiger partial charge in [0.15, 0.2) is 0 Å². The fraction of sp³-hybridized carbons (Fsp3) is 0.435. The molecular weight excluding hydrogens is 304 g/mol. The minimum Gasteiger partial charge on any atom is -0.226 e. The third kappa shape index (κ3) is 2.99. The van der Waals surface area contributed by atoms with Crippen molar-refractivity contribution in [2.75, 3.05) is 4.90 Å². The first-order chi connectivity index (χ1) is 11.7. The number of nitrogens with zero attached hydrogens (tertiary/aromatic N) is 2. The van der Waals surface area contributed by atoms with Crippen molar-refractivity contribution in [1.82, 2.24) is 0 Å². The highest BCUT2D eigenvalue weighted by Gasteiger charge is 2.39. The van der Waals surface area contributed by atoms with Gasteiger partial charge in [-0.15, -0.1) is 0 Å². The summed E-state index contributed by atoms with van der Waals surface area (Å²) in [6.07, 6.45) is 2.32. The molecule has 1 aliphatic rings. The summed E-state index contributed by atoms with van der Waals surface area (Å²) >= 11 is 0. The molecule has 0 amide bonds. The summed E-state index contributed by atoms with van der Waals surface area (Å²) in [5.41, 5.74) is 10.8. The van der Waals surface area contributed by atoms with Gasteiger partial charge in [-0.25, -0.2) is 9.48 Å². The van der Waals surface area contributed by atoms with Crippen LogP contribution in [0, 0.1) is 41.5 Å². The molecule has 132 valence electrons. The molecule has 0 aromatic heterocycles. The summed E-state index contributed by atoms with van der Waals surface area (Å²) in [6.45, 7) is 17.9. The Morgan fingerprint density at radius 1 is 0.720 bits per heavy atom. The van der Waals surface area contributed by atoms with Crippen molar-refractivity contribution in [3.8, 4) is 0 Å². The van der Waals surface area contributed by atoms with E-state index >= 15 is 0 Å². The molecule has 3 rings (SSSR count). The van der Waals surface area contributed by atoms with Gasteiger partial charge in [-0.05, 0) is 77.6 Å². The van der Waals surface area contributed by atoms with E-state index in [2.05, 4.69) is 95.5 Å². The lowest BCUT2D eigenvalue weighted by atomic mass is 10.0. The molecule has 2 aromatic rings. The highest BCUT2D eigenvalue weighted by molar-refractivity contribution is 5.83. The van der Waals surface area contributed by atoms with Gasteiger partial charge in [0.2, 0.25) is 6.34 Å². The van der Waals surface area contributed by atoms with Gasteiger partial charge in [-0.1, -0.05) is 35.4 Å². The first kappa shape index (κ1) is 17.7. The van der Waals surface area contributed by atoms with E-state index in [1.54, 1.807) is 0 Å². The quantitative estimate of drug-likeness (QED) is 0.656. The summed E-state index contributed by atoms with van der Waals surface area (Å²) in [7, 11) is 0. The number of hydrogen-bond donors (Lipinski definition) is 0. The Kier molecular flexibility index (Phi) is 4.49. The molecule has 2 atom stereocenters. The molecule has 2 aromatic carbocycles. The molecule has 0 bridgehead atoms. The smallest absolute Gasteiger partial charge is 0.226 e. The van der Waals surface area contributed by atoms with Gasteiger partial charge in [0.25, 0.3) is 0 Å². The van der Waals surface area contributed by atoms with Gasteiger partial charge in [0.1, 0.15) is 23.5 Å². The highest BCUT2D eigenvalue weighted by Crippen LogP contribution is 2.34. The average molecular weight is 336 g/mol. The molecule has 0 unspecified atom stereocenters. The molecule has 2 nitrogen and oxygen atoms in total. The Labute approximate surface area is 152 Å². The van der Waals surface area contributed by atoms with Gasteiger partial charge in [-0.3, -0.25) is 0 Å². The lowest BCUT2D eigenvalue weighted by Crippen LogP contribution is -2.34. The van der Waals surface area contributed by atoms with Crippen LogP contribution in [0.3, 0.4) is 0 Å². The van der Waals surface area contributed by atoms with Crippen molar-refractivity contribution >= 4 is 17.7 Å². The second-order valence-electron chi connectivity index (χ2n) is 7.91. The van der Waals surface area contributed by atoms with Gasteiger partial charge in [0, 0.05) is 0 Å². The zero-order valence-corrected chi connectivity index (χ0v) is 16.9. The van der Waals surface area contributed by atoms with Crippen molar-refractivity contribution in [3.05, 3.63) is 57.6 Å². The van der Waals surface area contributed by atoms with E-state index in [1.165, 1.54) is 44.8 Å². The summed E-state index contributed by atoms with van der Waals surface area (Å²) in [6, 6.07) is 10.0. The van der Waals surface area contributed by atoms with E-state index in [0.29, 0.717) is 12.1 Å². The Morgan fingerprint density at radius 2 is 1.16 bits per heavy atom. The molecule has 0 N–H and O–H groups in total. The van der Waals surface area contributed by atoms with Crippen LogP contribution in [-0.4, -0.2) is 23.0 Å². The number of rotatable bonds is 2. The Morgan fingerprint density at radius 3 is 1.64 bits per heavy atom. The van der Waals surface area contributed by atoms with Crippen molar-refractivity contribution in [3.63, 3.8) is 0 Å². The number of hydrogen-bond acceptors (Lipinski definition) is 1. The second kappa shape index (κ2) is 6.33. The van der Waals surface area contributed by atoms with Crippen molar-refractivity contribution in [2.45, 2.75) is 67.5 Å². The minimum atomic E-state index is 0.431. The number of benzene rings is 2. The van der Waals surface area contributed by atoms with E-state index in [0.717, 1.165) is 0 Å². The van der Waals surface area contributed by atoms with Crippen LogP contribution in [0.4, 0.5) is 11.4 Å². The fourth-order valence-electron chi connectivity index (χ4n) is 4.49. The maximum atomic E-state index is 2.47. The molecule has 25 heavy (non-hydrogen) atoms. The summed E-state index contributed by atoms with van der Waals surface area (Å²) in [5, 5.41) is 0. The maximum Gasteiger partial charge on any atom is 0.245 e. The first-order valence-electron chi connectivity index (χ1n) is 9.28. The van der Waals surface area contributed by atoms with E-state index in [4.69, 9.17) is 0 Å². The largest absolute Gasteiger partial charge is 0.245 e. The molecule has 2 heteroatoms. The lowest BCUT2D eigenvalue weighted by Gasteiger charge is -2.20. The summed E-state index contributed by atoms with van der Waals surface area (Å²) in [4.78, 5) is 2.47. The highest BCUT2D eigenvalue weighted by atomic mass is 15.3. The van der Waals surface area contributed by atoms with Gasteiger partial charge in [0.05, 0.1) is 0 Å². The van der Waals surface area contributed by atoms with Crippen LogP contribution in [0.15, 0.2) is 24.3 Å². The molecule has 0 spiro atoms. The van der Waals surface area contributed by atoms with Crippen LogP contribution in [0.5, 0.6) is 0 Å². The third-order valence-electron chi connectivity index (χ3n) is 5.61. The normalized spacial score (nSPS) is 20.2. The molecule has 0 radical (unpaired) electrons. The summed E-state index contributed by atoms with van der Waals surface area (Å²) < 4.78 is 2.47. The predicted molar refractivity (Wildman–Crippen MR) is 109 cm³/mol. The molecular formula is C23H31N2+. The predicted octanol–water partition coefficient (Wildman–Crippen LogP) is 5.51. The van der Waals surface area contributed by atoms with Gasteiger partial charge < -0.3 is 0 Å². The van der Waals surface area contributed by atoms with Crippen molar-refractivity contribution in [2.24, 2.45) is 0 Å². The Hall–Kier alpha value is -2.09. The number of anilines is 1. The molecule has 0 aliphatic carbocycles. The molecule has 1 heterocycles. The molecule has 0 saturated carbocycles. The molecule has 0 fully saturated rings. The molecule has 1 aliphatic heterocycles. The zero-order valence-electron chi connectivity index (χ0n) is 16.9. The van der Waals surface area contributed by atoms with E-state index < -0.39 is 0 Å². The van der Waals surface area contributed by atoms with Gasteiger partial charge >= 0.3 is 0 Å². The van der Waals surface area contributed by atoms with E-state index in [9.17, 15) is 0 Å². The lowest BCUT2D eigenvalue weighted by molar-refractivity contribution is -0.469. The monoisotopic (exact) mass is 335 g/mol. The van der Waals surface area contributed by atoms with Gasteiger partial charge in [-0.2, -0.15) is 0 Å². The van der Waals surface area contributed by atoms with Crippen molar-refractivity contribution < 1.29 is 4.58 Å². The van der Waals surface area contributed by atoms with Crippen LogP contribution in [0.1, 0.15) is 47.2 Å². The third-order valence-corrected chi connectivity index (χ3v) is 5.61. The maximum absolute atomic E-state index is 2.47. The van der Waals surface area contributed by atoms with E-state index in [1.807, 2.05) is 0 Å². The topological polar surface area (TPSA) is 6.25 Å². The second-order valence-corrected chi connectivity index (χ2v) is 7.91. The van der Waals surface area contributed by atoms with Crippen LogP contribution in [-0.2, 0) is 0 Å². The SMILES string of the molecule is Cc1cc(C)c(N2C=[N+](c3c(C)cc(C)cc3C)[C@H](C)[C@H]2C)c(C)c1. The number of aryl methyl sites for hydroxylation is 6. The Bertz CT molecular complexity index is 814. The van der Waals surface area contributed by atoms with Crippen LogP contribution in [0.25, 0.3) is 0 Å². The first-order valence-corrected chi connectivity index (χ1v) is 9.28. The van der Waals surface area contributed by atoms with Crippen molar-refractivity contribution in [1.29, 1.82) is 0 Å². The average Bonchev–Trinajstić information content (AvgIpc) is 2.74. The fourth-order valence-corrected chi connectivity index (χ4v) is 4.49. The standard InChI is InChI=1S/C23H31N2/c1-14-9-16(3)22(17(4)10-14)24-13-25(21(8)20(24)7)23-18(5)11-15(2)12-19(23)6/h9-13,20-21H,1-8H3/q+1/t20-,21-/m1/s1. The van der Waals surface area contributed by atoms with Crippen LogP contribution >= 0.6 is 0 Å². The minimum absolute atomic E-state index is 0.431. The zero-order chi connectivity index (χ0) is 18.5.